The first-order chi connectivity index (χ1) is 20.8. The van der Waals surface area contributed by atoms with Crippen molar-refractivity contribution in [3.8, 4) is 0 Å². The second-order valence-electron chi connectivity index (χ2n) is 15.3. The lowest BCUT2D eigenvalue weighted by atomic mass is 9.65. The maximum Gasteiger partial charge on any atom is 0.0982 e. The summed E-state index contributed by atoms with van der Waals surface area (Å²) < 4.78 is 6.46. The number of hydrogen-bond donors (Lipinski definition) is 3. The minimum atomic E-state index is -1.06. The van der Waals surface area contributed by atoms with Crippen LogP contribution in [0.25, 0.3) is 0 Å². The van der Waals surface area contributed by atoms with Crippen LogP contribution in [-0.2, 0) is 4.74 Å². The molecule has 0 aromatic carbocycles. The smallest absolute Gasteiger partial charge is 0.0982 e. The largest absolute Gasteiger partial charge is 0.393 e. The van der Waals surface area contributed by atoms with Crippen molar-refractivity contribution in [2.45, 2.75) is 131 Å². The molecule has 2 saturated carbocycles. The van der Waals surface area contributed by atoms with Gasteiger partial charge in [0.2, 0.25) is 0 Å². The van der Waals surface area contributed by atoms with Gasteiger partial charge in [0, 0.05) is 18.4 Å². The van der Waals surface area contributed by atoms with Crippen LogP contribution in [0.15, 0.2) is 112 Å². The van der Waals surface area contributed by atoms with Gasteiger partial charge in [0.15, 0.2) is 0 Å². The summed E-state index contributed by atoms with van der Waals surface area (Å²) in [5.74, 6) is 0. The van der Waals surface area contributed by atoms with Crippen molar-refractivity contribution >= 4 is 0 Å². The SMILES string of the molecule is CC(=C=C1C(C)(C)CC(O)CC1(C)O)/C(C)=C/C=C/C(C)=C/C=C/C=C(C)C=CC=C(C)C1C=C2C(C)(C)CC(O)CC2(C)O1. The van der Waals surface area contributed by atoms with Crippen LogP contribution in [0.5, 0.6) is 0 Å². The van der Waals surface area contributed by atoms with E-state index in [-0.39, 0.29) is 23.0 Å². The summed E-state index contributed by atoms with van der Waals surface area (Å²) in [5.41, 5.74) is 9.33. The molecule has 1 aliphatic heterocycles. The summed E-state index contributed by atoms with van der Waals surface area (Å²) >= 11 is 0. The van der Waals surface area contributed by atoms with Gasteiger partial charge in [-0.05, 0) is 101 Å². The molecule has 5 unspecified atom stereocenters. The maximum atomic E-state index is 11.0. The fourth-order valence-corrected chi connectivity index (χ4v) is 7.33. The zero-order valence-electron chi connectivity index (χ0n) is 29.7. The van der Waals surface area contributed by atoms with Gasteiger partial charge < -0.3 is 20.1 Å². The molecule has 246 valence electrons. The first-order valence-electron chi connectivity index (χ1n) is 16.5. The highest BCUT2D eigenvalue weighted by Crippen LogP contribution is 2.52. The predicted octanol–water partition coefficient (Wildman–Crippen LogP) is 9.11. The van der Waals surface area contributed by atoms with Crippen LogP contribution < -0.4 is 0 Å². The molecule has 2 fully saturated rings. The second kappa shape index (κ2) is 14.4. The molecule has 45 heavy (non-hydrogen) atoms. The van der Waals surface area contributed by atoms with Crippen molar-refractivity contribution in [3.63, 3.8) is 0 Å². The highest BCUT2D eigenvalue weighted by molar-refractivity contribution is 5.38. The molecule has 4 heteroatoms. The Bertz CT molecular complexity index is 1400. The van der Waals surface area contributed by atoms with E-state index in [0.717, 1.165) is 39.9 Å². The van der Waals surface area contributed by atoms with Crippen LogP contribution in [0.3, 0.4) is 0 Å². The molecule has 0 radical (unpaired) electrons. The maximum absolute atomic E-state index is 11.0. The lowest BCUT2D eigenvalue weighted by Gasteiger charge is -2.44. The van der Waals surface area contributed by atoms with E-state index in [1.165, 1.54) is 5.57 Å². The predicted molar refractivity (Wildman–Crippen MR) is 189 cm³/mol. The Labute approximate surface area is 273 Å². The first-order valence-corrected chi connectivity index (χ1v) is 16.5. The Balaban J connectivity index is 1.59. The van der Waals surface area contributed by atoms with Gasteiger partial charge in [0.25, 0.3) is 0 Å². The minimum absolute atomic E-state index is 0.0575. The summed E-state index contributed by atoms with van der Waals surface area (Å²) in [6.07, 6.45) is 24.5. The van der Waals surface area contributed by atoms with Gasteiger partial charge in [0.1, 0.15) is 0 Å². The van der Waals surface area contributed by atoms with Crippen LogP contribution in [0.2, 0.25) is 0 Å². The van der Waals surface area contributed by atoms with Crippen molar-refractivity contribution in [1.29, 1.82) is 0 Å². The van der Waals surface area contributed by atoms with Crippen LogP contribution in [0, 0.1) is 10.8 Å². The average molecular weight is 615 g/mol. The highest BCUT2D eigenvalue weighted by Gasteiger charge is 2.50. The van der Waals surface area contributed by atoms with Crippen molar-refractivity contribution < 1.29 is 20.1 Å². The molecule has 4 nitrogen and oxygen atoms in total. The van der Waals surface area contributed by atoms with E-state index in [0.29, 0.717) is 19.3 Å². The lowest BCUT2D eigenvalue weighted by molar-refractivity contribution is -0.0683. The summed E-state index contributed by atoms with van der Waals surface area (Å²) in [7, 11) is 0. The Kier molecular flexibility index (Phi) is 11.7. The Morgan fingerprint density at radius 2 is 1.27 bits per heavy atom. The number of allylic oxidation sites excluding steroid dienone is 13. The molecular formula is C41H58O4. The minimum Gasteiger partial charge on any atom is -0.393 e. The van der Waals surface area contributed by atoms with Crippen molar-refractivity contribution in [1.82, 2.24) is 0 Å². The fourth-order valence-electron chi connectivity index (χ4n) is 7.33. The van der Waals surface area contributed by atoms with E-state index < -0.39 is 17.3 Å². The third-order valence-corrected chi connectivity index (χ3v) is 9.58. The van der Waals surface area contributed by atoms with E-state index in [9.17, 15) is 15.3 Å². The molecule has 0 aromatic rings. The zero-order chi connectivity index (χ0) is 33.8. The van der Waals surface area contributed by atoms with Gasteiger partial charge in [-0.1, -0.05) is 99.6 Å². The number of hydrogen-bond acceptors (Lipinski definition) is 4. The van der Waals surface area contributed by atoms with Crippen molar-refractivity contribution in [2.24, 2.45) is 10.8 Å². The normalized spacial score (nSPS) is 32.8. The van der Waals surface area contributed by atoms with Gasteiger partial charge >= 0.3 is 0 Å². The zero-order valence-corrected chi connectivity index (χ0v) is 29.7. The van der Waals surface area contributed by atoms with Crippen LogP contribution in [0.1, 0.15) is 102 Å². The van der Waals surface area contributed by atoms with Gasteiger partial charge in [-0.2, -0.15) is 0 Å². The second-order valence-corrected chi connectivity index (χ2v) is 15.3. The van der Waals surface area contributed by atoms with Crippen molar-refractivity contribution in [2.75, 3.05) is 0 Å². The van der Waals surface area contributed by atoms with Crippen LogP contribution >= 0.6 is 0 Å². The molecule has 0 amide bonds. The summed E-state index contributed by atoms with van der Waals surface area (Å²) in [6.45, 7) is 22.8. The lowest BCUT2D eigenvalue weighted by Crippen LogP contribution is -2.45. The van der Waals surface area contributed by atoms with Crippen LogP contribution in [0.4, 0.5) is 0 Å². The fraction of sp³-hybridized carbons (Fsp3) is 0.537. The molecule has 0 aromatic heterocycles. The van der Waals surface area contributed by atoms with Crippen molar-refractivity contribution in [3.05, 3.63) is 112 Å². The monoisotopic (exact) mass is 614 g/mol. The van der Waals surface area contributed by atoms with E-state index in [1.54, 1.807) is 6.92 Å². The number of fused-ring (bicyclic) bond motifs is 1. The van der Waals surface area contributed by atoms with Gasteiger partial charge in [-0.15, -0.1) is 5.73 Å². The third-order valence-electron chi connectivity index (χ3n) is 9.58. The standard InChI is InChI=1S/C41H58O4/c1-28(18-14-20-30(3)32(5)22-36-38(6,7)24-33(42)26-40(36,10)44)16-12-13-17-29(2)19-15-21-31(4)35-23-37-39(8,9)25-34(43)27-41(37,11)45-35/h12-21,23,33-35,42-44H,24-27H2,1-11H3/b13-12+,18-14+,19-15?,28-16+,29-17?,30-20+,31-21?. The molecule has 0 saturated heterocycles. The molecule has 0 bridgehead atoms. The molecule has 2 aliphatic carbocycles. The third kappa shape index (κ3) is 9.64. The van der Waals surface area contributed by atoms with E-state index in [1.807, 2.05) is 25.2 Å². The molecule has 3 aliphatic rings. The first kappa shape index (κ1) is 36.7. The Morgan fingerprint density at radius 1 is 0.733 bits per heavy atom. The van der Waals surface area contributed by atoms with E-state index >= 15 is 0 Å². The summed E-state index contributed by atoms with van der Waals surface area (Å²) in [4.78, 5) is 0. The quantitative estimate of drug-likeness (QED) is 0.145. The average Bonchev–Trinajstić information content (AvgIpc) is 3.25. The molecule has 1 heterocycles. The Morgan fingerprint density at radius 3 is 1.84 bits per heavy atom. The molecule has 3 rings (SSSR count). The topological polar surface area (TPSA) is 69.9 Å². The van der Waals surface area contributed by atoms with Gasteiger partial charge in [0.05, 0.1) is 29.5 Å². The van der Waals surface area contributed by atoms with Gasteiger partial charge in [-0.3, -0.25) is 0 Å². The number of aliphatic hydroxyl groups excluding tert-OH is 2. The number of rotatable bonds is 8. The Hall–Kier alpha value is -2.72. The highest BCUT2D eigenvalue weighted by atomic mass is 16.5. The van der Waals surface area contributed by atoms with E-state index in [4.69, 9.17) is 4.74 Å². The molecule has 5 atom stereocenters. The van der Waals surface area contributed by atoms with E-state index in [2.05, 4.69) is 117 Å². The summed E-state index contributed by atoms with van der Waals surface area (Å²) in [5, 5.41) is 31.6. The number of ether oxygens (including phenoxy) is 1. The molecule has 3 N–H and O–H groups in total. The summed E-state index contributed by atoms with van der Waals surface area (Å²) in [6, 6.07) is 0. The molecule has 0 spiro atoms. The van der Waals surface area contributed by atoms with Crippen LogP contribution in [-0.4, -0.2) is 44.8 Å². The molecular weight excluding hydrogens is 556 g/mol. The number of aliphatic hydroxyl groups is 3. The van der Waals surface area contributed by atoms with Gasteiger partial charge in [-0.25, -0.2) is 0 Å².